The van der Waals surface area contributed by atoms with Crippen LogP contribution in [0.3, 0.4) is 0 Å². The molecule has 1 saturated carbocycles. The van der Waals surface area contributed by atoms with Crippen molar-refractivity contribution in [2.75, 3.05) is 6.61 Å². The molecule has 0 amide bonds. The van der Waals surface area contributed by atoms with E-state index < -0.39 is 0 Å². The summed E-state index contributed by atoms with van der Waals surface area (Å²) < 4.78 is 4.43. The maximum absolute atomic E-state index is 9.93. The van der Waals surface area contributed by atoms with Crippen LogP contribution in [0.2, 0.25) is 0 Å². The second kappa shape index (κ2) is 9.30. The Balaban J connectivity index is 0.000000223. The second-order valence-electron chi connectivity index (χ2n) is 3.21. The predicted octanol–water partition coefficient (Wildman–Crippen LogP) is 3.08. The van der Waals surface area contributed by atoms with Crippen molar-refractivity contribution in [3.8, 4) is 0 Å². The van der Waals surface area contributed by atoms with Crippen molar-refractivity contribution in [1.29, 1.82) is 0 Å². The van der Waals surface area contributed by atoms with Crippen LogP contribution in [0.25, 0.3) is 0 Å². The molecular weight excluding hydrogens is 164 g/mol. The molecule has 0 aromatic heterocycles. The molecule has 1 rings (SSSR count). The summed E-state index contributed by atoms with van der Waals surface area (Å²) in [5.41, 5.74) is 0. The third kappa shape index (κ3) is 11.2. The van der Waals surface area contributed by atoms with Crippen LogP contribution >= 0.6 is 0 Å². The van der Waals surface area contributed by atoms with E-state index in [-0.39, 0.29) is 5.97 Å². The molecule has 2 heteroatoms. The minimum Gasteiger partial charge on any atom is -0.462 e. The van der Waals surface area contributed by atoms with E-state index in [4.69, 9.17) is 0 Å². The molecule has 0 atom stereocenters. The Kier molecular flexibility index (Phi) is 8.73. The van der Waals surface area contributed by atoms with Gasteiger partial charge in [0.25, 0.3) is 0 Å². The molecule has 0 aromatic rings. The van der Waals surface area contributed by atoms with E-state index in [2.05, 4.69) is 11.3 Å². The lowest BCUT2D eigenvalue weighted by molar-refractivity contribution is -0.139. The quantitative estimate of drug-likeness (QED) is 0.487. The van der Waals surface area contributed by atoms with Crippen LogP contribution in [0.1, 0.15) is 45.4 Å². The fourth-order valence-corrected chi connectivity index (χ4v) is 1.24. The summed E-state index contributed by atoms with van der Waals surface area (Å²) in [5.74, 6) is -0.264. The van der Waals surface area contributed by atoms with Crippen molar-refractivity contribution < 1.29 is 9.53 Å². The van der Waals surface area contributed by atoms with Gasteiger partial charge in [-0.1, -0.05) is 51.2 Å². The molecule has 0 heterocycles. The molecule has 0 saturated heterocycles. The molecule has 2 nitrogen and oxygen atoms in total. The van der Waals surface area contributed by atoms with E-state index >= 15 is 0 Å². The van der Waals surface area contributed by atoms with Gasteiger partial charge in [-0.2, -0.15) is 0 Å². The normalized spacial score (nSPS) is 15.2. The standard InChI is InChI=1S/C6H12.C5H8O2/c1-2-4-6-5-3-1;1-3-4-7-5(2)6/h1-6H2;3H,1,4H2,2H3. The molecule has 0 bridgehead atoms. The van der Waals surface area contributed by atoms with Gasteiger partial charge in [-0.05, 0) is 0 Å². The summed E-state index contributed by atoms with van der Waals surface area (Å²) in [7, 11) is 0. The van der Waals surface area contributed by atoms with Crippen molar-refractivity contribution >= 4 is 5.97 Å². The zero-order chi connectivity index (χ0) is 9.94. The number of rotatable bonds is 2. The molecule has 0 aromatic carbocycles. The maximum atomic E-state index is 9.93. The van der Waals surface area contributed by atoms with Crippen LogP contribution < -0.4 is 0 Å². The van der Waals surface area contributed by atoms with E-state index in [0.717, 1.165) is 0 Å². The summed E-state index contributed by atoms with van der Waals surface area (Å²) in [6.07, 6.45) is 10.5. The van der Waals surface area contributed by atoms with Crippen LogP contribution in [-0.4, -0.2) is 12.6 Å². The number of ether oxygens (including phenoxy) is 1. The zero-order valence-electron chi connectivity index (χ0n) is 8.55. The van der Waals surface area contributed by atoms with Crippen molar-refractivity contribution in [3.63, 3.8) is 0 Å². The molecule has 0 radical (unpaired) electrons. The van der Waals surface area contributed by atoms with Gasteiger partial charge in [0.2, 0.25) is 0 Å². The molecule has 0 aliphatic heterocycles. The second-order valence-corrected chi connectivity index (χ2v) is 3.21. The molecule has 0 unspecified atom stereocenters. The van der Waals surface area contributed by atoms with Gasteiger partial charge in [0.15, 0.2) is 0 Å². The van der Waals surface area contributed by atoms with Gasteiger partial charge in [0.05, 0.1) is 0 Å². The summed E-state index contributed by atoms with van der Waals surface area (Å²) in [4.78, 5) is 9.93. The third-order valence-corrected chi connectivity index (χ3v) is 1.90. The highest BCUT2D eigenvalue weighted by atomic mass is 16.5. The number of carbonyl (C=O) groups excluding carboxylic acids is 1. The molecule has 0 N–H and O–H groups in total. The summed E-state index contributed by atoms with van der Waals surface area (Å²) >= 11 is 0. The number of esters is 1. The summed E-state index contributed by atoms with van der Waals surface area (Å²) in [5, 5.41) is 0. The molecule has 13 heavy (non-hydrogen) atoms. The summed E-state index contributed by atoms with van der Waals surface area (Å²) in [6, 6.07) is 0. The largest absolute Gasteiger partial charge is 0.462 e. The minimum atomic E-state index is -0.264. The van der Waals surface area contributed by atoms with Crippen molar-refractivity contribution in [2.24, 2.45) is 0 Å². The van der Waals surface area contributed by atoms with E-state index in [0.29, 0.717) is 6.61 Å². The van der Waals surface area contributed by atoms with E-state index in [9.17, 15) is 4.79 Å². The highest BCUT2D eigenvalue weighted by Gasteiger charge is 1.95. The number of hydrogen-bond acceptors (Lipinski definition) is 2. The van der Waals surface area contributed by atoms with Crippen LogP contribution in [0, 0.1) is 0 Å². The van der Waals surface area contributed by atoms with Gasteiger partial charge < -0.3 is 4.74 Å². The lowest BCUT2D eigenvalue weighted by Crippen LogP contribution is -1.96. The third-order valence-electron chi connectivity index (χ3n) is 1.90. The van der Waals surface area contributed by atoms with Crippen LogP contribution in [-0.2, 0) is 9.53 Å². The van der Waals surface area contributed by atoms with Crippen molar-refractivity contribution in [2.45, 2.75) is 45.4 Å². The van der Waals surface area contributed by atoms with Gasteiger partial charge in [0.1, 0.15) is 6.61 Å². The lowest BCUT2D eigenvalue weighted by atomic mass is 10.0. The van der Waals surface area contributed by atoms with E-state index in [1.54, 1.807) is 0 Å². The van der Waals surface area contributed by atoms with Crippen LogP contribution in [0.15, 0.2) is 12.7 Å². The van der Waals surface area contributed by atoms with Gasteiger partial charge >= 0.3 is 5.97 Å². The molecule has 1 fully saturated rings. The molecule has 1 aliphatic rings. The highest BCUT2D eigenvalue weighted by molar-refractivity contribution is 5.65. The fraction of sp³-hybridized carbons (Fsp3) is 0.727. The van der Waals surface area contributed by atoms with Crippen molar-refractivity contribution in [3.05, 3.63) is 12.7 Å². The first kappa shape index (κ1) is 12.2. The molecule has 1 aliphatic carbocycles. The Morgan fingerprint density at radius 2 is 1.62 bits per heavy atom. The predicted molar refractivity (Wildman–Crippen MR) is 54.5 cm³/mol. The smallest absolute Gasteiger partial charge is 0.302 e. The van der Waals surface area contributed by atoms with E-state index in [1.807, 2.05) is 0 Å². The lowest BCUT2D eigenvalue weighted by Gasteiger charge is -2.05. The first-order valence-electron chi connectivity index (χ1n) is 5.01. The highest BCUT2D eigenvalue weighted by Crippen LogP contribution is 2.15. The number of carbonyl (C=O) groups is 1. The summed E-state index contributed by atoms with van der Waals surface area (Å²) in [6.45, 7) is 5.03. The Bertz CT molecular complexity index is 126. The van der Waals surface area contributed by atoms with Gasteiger partial charge in [-0.15, -0.1) is 0 Å². The maximum Gasteiger partial charge on any atom is 0.302 e. The van der Waals surface area contributed by atoms with E-state index in [1.165, 1.54) is 51.5 Å². The minimum absolute atomic E-state index is 0.264. The Morgan fingerprint density at radius 1 is 1.23 bits per heavy atom. The molecular formula is C11H20O2. The average Bonchev–Trinajstić information content (AvgIpc) is 2.18. The number of hydrogen-bond donors (Lipinski definition) is 0. The van der Waals surface area contributed by atoms with Gasteiger partial charge in [-0.3, -0.25) is 4.79 Å². The Labute approximate surface area is 81.0 Å². The Hall–Kier alpha value is -0.790. The van der Waals surface area contributed by atoms with Crippen LogP contribution in [0.5, 0.6) is 0 Å². The van der Waals surface area contributed by atoms with Crippen molar-refractivity contribution in [1.82, 2.24) is 0 Å². The van der Waals surface area contributed by atoms with Gasteiger partial charge in [-0.25, -0.2) is 0 Å². The molecule has 76 valence electrons. The fourth-order valence-electron chi connectivity index (χ4n) is 1.24. The average molecular weight is 184 g/mol. The first-order chi connectivity index (χ1) is 6.27. The molecule has 0 spiro atoms. The van der Waals surface area contributed by atoms with Crippen LogP contribution in [0.4, 0.5) is 0 Å². The topological polar surface area (TPSA) is 26.3 Å². The first-order valence-corrected chi connectivity index (χ1v) is 5.01. The SMILES string of the molecule is C1CCCCC1.C=CCOC(C)=O. The zero-order valence-corrected chi connectivity index (χ0v) is 8.55. The monoisotopic (exact) mass is 184 g/mol. The van der Waals surface area contributed by atoms with Gasteiger partial charge in [0, 0.05) is 6.92 Å². The Morgan fingerprint density at radius 3 is 1.77 bits per heavy atom.